The number of nitrogens with zero attached hydrogens (tertiary/aromatic N) is 1. The molecule has 3 heteroatoms. The monoisotopic (exact) mass is 263 g/mol. The number of ether oxygens (including phenoxy) is 1. The Morgan fingerprint density at radius 3 is 2.68 bits per heavy atom. The van der Waals surface area contributed by atoms with Crippen molar-refractivity contribution in [3.8, 4) is 5.75 Å². The maximum absolute atomic E-state index is 11.3. The van der Waals surface area contributed by atoms with E-state index in [0.717, 1.165) is 24.8 Å². The fraction of sp³-hybridized carbons (Fsp3) is 0.688. The topological polar surface area (TPSA) is 42.4 Å². The minimum absolute atomic E-state index is 0.0816. The molecule has 2 rings (SSSR count). The normalized spacial score (nSPS) is 28.2. The van der Waals surface area contributed by atoms with Crippen molar-refractivity contribution in [2.45, 2.75) is 52.1 Å². The molecule has 1 aromatic rings. The van der Waals surface area contributed by atoms with Crippen molar-refractivity contribution in [3.63, 3.8) is 0 Å². The van der Waals surface area contributed by atoms with Gasteiger partial charge in [-0.05, 0) is 30.2 Å². The highest BCUT2D eigenvalue weighted by atomic mass is 16.5. The van der Waals surface area contributed by atoms with Gasteiger partial charge in [-0.15, -0.1) is 0 Å². The van der Waals surface area contributed by atoms with Crippen LogP contribution in [0, 0.1) is 11.3 Å². The van der Waals surface area contributed by atoms with Gasteiger partial charge in [-0.25, -0.2) is 0 Å². The van der Waals surface area contributed by atoms with E-state index in [2.05, 4.69) is 25.8 Å². The van der Waals surface area contributed by atoms with Crippen molar-refractivity contribution in [3.05, 3.63) is 24.0 Å². The Morgan fingerprint density at radius 2 is 2.05 bits per heavy atom. The van der Waals surface area contributed by atoms with E-state index in [0.29, 0.717) is 5.75 Å². The summed E-state index contributed by atoms with van der Waals surface area (Å²) in [6, 6.07) is 1.93. The van der Waals surface area contributed by atoms with Crippen molar-refractivity contribution < 1.29 is 9.84 Å². The molecular weight excluding hydrogens is 238 g/mol. The van der Waals surface area contributed by atoms with Crippen LogP contribution >= 0.6 is 0 Å². The third kappa shape index (κ3) is 2.76. The zero-order chi connectivity index (χ0) is 14.1. The zero-order valence-corrected chi connectivity index (χ0v) is 12.4. The van der Waals surface area contributed by atoms with Gasteiger partial charge in [0.25, 0.3) is 0 Å². The van der Waals surface area contributed by atoms with Gasteiger partial charge in [0, 0.05) is 11.8 Å². The Morgan fingerprint density at radius 1 is 1.32 bits per heavy atom. The molecule has 0 radical (unpaired) electrons. The largest absolute Gasteiger partial charge is 0.495 e. The van der Waals surface area contributed by atoms with Crippen molar-refractivity contribution in [2.24, 2.45) is 11.3 Å². The molecule has 0 aliphatic heterocycles. The predicted octanol–water partition coefficient (Wildman–Crippen LogP) is 3.51. The Hall–Kier alpha value is -1.09. The van der Waals surface area contributed by atoms with Crippen molar-refractivity contribution >= 4 is 0 Å². The van der Waals surface area contributed by atoms with Gasteiger partial charge in [0.2, 0.25) is 0 Å². The van der Waals surface area contributed by atoms with Gasteiger partial charge < -0.3 is 9.84 Å². The molecule has 1 aromatic heterocycles. The molecule has 0 aromatic carbocycles. The lowest BCUT2D eigenvalue weighted by atomic mass is 9.62. The summed E-state index contributed by atoms with van der Waals surface area (Å²) in [5.74, 6) is 0.965. The summed E-state index contributed by atoms with van der Waals surface area (Å²) < 4.78 is 5.24. The third-order valence-corrected chi connectivity index (χ3v) is 4.37. The maximum Gasteiger partial charge on any atom is 0.137 e. The maximum atomic E-state index is 11.3. The molecule has 1 N–H and O–H groups in total. The minimum Gasteiger partial charge on any atom is -0.495 e. The van der Waals surface area contributed by atoms with Gasteiger partial charge in [-0.3, -0.25) is 4.98 Å². The van der Waals surface area contributed by atoms with Gasteiger partial charge in [-0.2, -0.15) is 0 Å². The third-order valence-electron chi connectivity index (χ3n) is 4.37. The molecule has 1 aliphatic rings. The van der Waals surface area contributed by atoms with E-state index in [9.17, 15) is 5.11 Å². The molecule has 3 nitrogen and oxygen atoms in total. The summed E-state index contributed by atoms with van der Waals surface area (Å²) in [5, 5.41) is 11.3. The van der Waals surface area contributed by atoms with Gasteiger partial charge in [0.15, 0.2) is 0 Å². The van der Waals surface area contributed by atoms with Crippen LogP contribution in [0.2, 0.25) is 0 Å². The molecular formula is C16H25NO2. The second-order valence-corrected chi connectivity index (χ2v) is 6.70. The van der Waals surface area contributed by atoms with E-state index in [1.807, 2.05) is 6.07 Å². The number of hydrogen-bond acceptors (Lipinski definition) is 3. The highest BCUT2D eigenvalue weighted by Crippen LogP contribution is 2.49. The molecule has 1 aliphatic carbocycles. The van der Waals surface area contributed by atoms with Crippen LogP contribution in [0.4, 0.5) is 0 Å². The van der Waals surface area contributed by atoms with E-state index in [4.69, 9.17) is 4.74 Å². The minimum atomic E-state index is -0.780. The van der Waals surface area contributed by atoms with E-state index in [1.165, 1.54) is 6.42 Å². The Labute approximate surface area is 116 Å². The highest BCUT2D eigenvalue weighted by Gasteiger charge is 2.46. The highest BCUT2D eigenvalue weighted by molar-refractivity contribution is 5.29. The molecule has 0 amide bonds. The van der Waals surface area contributed by atoms with E-state index < -0.39 is 5.60 Å². The van der Waals surface area contributed by atoms with Gasteiger partial charge in [0.05, 0.1) is 18.9 Å². The zero-order valence-electron chi connectivity index (χ0n) is 12.4. The first-order chi connectivity index (χ1) is 8.88. The lowest BCUT2D eigenvalue weighted by Gasteiger charge is -2.47. The SMILES string of the molecule is COc1cncc(C2(O)CCCCC2C(C)(C)C)c1. The van der Waals surface area contributed by atoms with Gasteiger partial charge in [-0.1, -0.05) is 33.6 Å². The summed E-state index contributed by atoms with van der Waals surface area (Å²) in [6.07, 6.45) is 7.61. The van der Waals surface area contributed by atoms with E-state index in [1.54, 1.807) is 19.5 Å². The average molecular weight is 263 g/mol. The molecule has 19 heavy (non-hydrogen) atoms. The molecule has 0 bridgehead atoms. The smallest absolute Gasteiger partial charge is 0.137 e. The summed E-state index contributed by atoms with van der Waals surface area (Å²) in [7, 11) is 1.63. The summed E-state index contributed by atoms with van der Waals surface area (Å²) in [4.78, 5) is 4.21. The van der Waals surface area contributed by atoms with Crippen LogP contribution in [0.15, 0.2) is 18.5 Å². The molecule has 2 atom stereocenters. The lowest BCUT2D eigenvalue weighted by molar-refractivity contribution is -0.0962. The number of aromatic nitrogens is 1. The van der Waals surface area contributed by atoms with Crippen LogP contribution in [0.5, 0.6) is 5.75 Å². The number of methoxy groups -OCH3 is 1. The standard InChI is InChI=1S/C16H25NO2/c1-15(2,3)14-7-5-6-8-16(14,18)12-9-13(19-4)11-17-10-12/h9-11,14,18H,5-8H2,1-4H3. The first-order valence-electron chi connectivity index (χ1n) is 7.10. The summed E-state index contributed by atoms with van der Waals surface area (Å²) in [5.41, 5.74) is 0.197. The van der Waals surface area contributed by atoms with Crippen LogP contribution in [0.25, 0.3) is 0 Å². The quantitative estimate of drug-likeness (QED) is 0.887. The summed E-state index contributed by atoms with van der Waals surface area (Å²) >= 11 is 0. The Bertz CT molecular complexity index is 439. The number of pyridine rings is 1. The molecule has 1 fully saturated rings. The molecule has 1 heterocycles. The average Bonchev–Trinajstić information content (AvgIpc) is 2.38. The van der Waals surface area contributed by atoms with E-state index in [-0.39, 0.29) is 11.3 Å². The van der Waals surface area contributed by atoms with Crippen LogP contribution in [0.3, 0.4) is 0 Å². The van der Waals surface area contributed by atoms with Gasteiger partial charge in [0.1, 0.15) is 5.75 Å². The number of hydrogen-bond donors (Lipinski definition) is 1. The van der Waals surface area contributed by atoms with Gasteiger partial charge >= 0.3 is 0 Å². The molecule has 106 valence electrons. The second kappa shape index (κ2) is 5.12. The first kappa shape index (κ1) is 14.3. The van der Waals surface area contributed by atoms with Crippen molar-refractivity contribution in [2.75, 3.05) is 7.11 Å². The van der Waals surface area contributed by atoms with Crippen molar-refractivity contribution in [1.82, 2.24) is 4.98 Å². The predicted molar refractivity (Wildman–Crippen MR) is 76.1 cm³/mol. The van der Waals surface area contributed by atoms with E-state index >= 15 is 0 Å². The first-order valence-corrected chi connectivity index (χ1v) is 7.10. The van der Waals surface area contributed by atoms with Crippen LogP contribution in [-0.4, -0.2) is 17.2 Å². The number of rotatable bonds is 2. The van der Waals surface area contributed by atoms with Crippen molar-refractivity contribution in [1.29, 1.82) is 0 Å². The lowest BCUT2D eigenvalue weighted by Crippen LogP contribution is -2.44. The second-order valence-electron chi connectivity index (χ2n) is 6.70. The molecule has 0 spiro atoms. The Balaban J connectivity index is 2.41. The fourth-order valence-corrected chi connectivity index (χ4v) is 3.42. The fourth-order valence-electron chi connectivity index (χ4n) is 3.42. The number of aliphatic hydroxyl groups is 1. The van der Waals surface area contributed by atoms with Crippen LogP contribution < -0.4 is 4.74 Å². The molecule has 0 saturated heterocycles. The molecule has 2 unspecified atom stereocenters. The van der Waals surface area contributed by atoms with Crippen LogP contribution in [-0.2, 0) is 5.60 Å². The van der Waals surface area contributed by atoms with Crippen LogP contribution in [0.1, 0.15) is 52.0 Å². The molecule has 1 saturated carbocycles. The Kier molecular flexibility index (Phi) is 3.86. The summed E-state index contributed by atoms with van der Waals surface area (Å²) in [6.45, 7) is 6.63.